The number of benzene rings is 2. The van der Waals surface area contributed by atoms with Gasteiger partial charge in [-0.15, -0.1) is 0 Å². The Morgan fingerprint density at radius 2 is 1.95 bits per heavy atom. The number of hydrogen-bond donors (Lipinski definition) is 1. The van der Waals surface area contributed by atoms with Crippen LogP contribution in [0.3, 0.4) is 0 Å². The molecule has 2 rings (SSSR count). The first-order valence-corrected chi connectivity index (χ1v) is 6.43. The largest absolute Gasteiger partial charge is 0.489 e. The summed E-state index contributed by atoms with van der Waals surface area (Å²) in [5.74, 6) is 0.378. The number of ether oxygens (including phenoxy) is 1. The van der Waals surface area contributed by atoms with Crippen LogP contribution in [0, 0.1) is 5.82 Å². The third-order valence-corrected chi connectivity index (χ3v) is 3.27. The van der Waals surface area contributed by atoms with E-state index in [1.54, 1.807) is 12.1 Å². The maximum atomic E-state index is 13.1. The number of rotatable bonds is 4. The van der Waals surface area contributed by atoms with E-state index in [1.165, 1.54) is 18.2 Å². The van der Waals surface area contributed by atoms with Crippen molar-refractivity contribution in [2.45, 2.75) is 20.0 Å². The number of halogens is 2. The van der Waals surface area contributed by atoms with Crippen LogP contribution in [0.25, 0.3) is 0 Å². The van der Waals surface area contributed by atoms with E-state index < -0.39 is 0 Å². The van der Waals surface area contributed by atoms with Crippen molar-refractivity contribution in [1.82, 2.24) is 0 Å². The summed E-state index contributed by atoms with van der Waals surface area (Å²) in [7, 11) is 0. The molecule has 0 saturated heterocycles. The Bertz CT molecular complexity index is 586. The summed E-state index contributed by atoms with van der Waals surface area (Å²) in [6.07, 6.45) is 0.831. The van der Waals surface area contributed by atoms with Gasteiger partial charge in [0.25, 0.3) is 0 Å². The van der Waals surface area contributed by atoms with Crippen molar-refractivity contribution in [2.75, 3.05) is 5.73 Å². The van der Waals surface area contributed by atoms with Gasteiger partial charge in [-0.25, -0.2) is 4.39 Å². The summed E-state index contributed by atoms with van der Waals surface area (Å²) in [5, 5.41) is 0.722. The van der Waals surface area contributed by atoms with Crippen LogP contribution in [0.2, 0.25) is 5.02 Å². The molecule has 0 fully saturated rings. The highest BCUT2D eigenvalue weighted by atomic mass is 35.5. The molecule has 19 heavy (non-hydrogen) atoms. The zero-order valence-corrected chi connectivity index (χ0v) is 11.4. The number of nitrogen functional groups attached to an aromatic ring is 1. The second kappa shape index (κ2) is 5.93. The van der Waals surface area contributed by atoms with Crippen LogP contribution in [-0.2, 0) is 13.0 Å². The van der Waals surface area contributed by atoms with E-state index in [2.05, 4.69) is 0 Å². The van der Waals surface area contributed by atoms with Crippen molar-refractivity contribution in [3.05, 3.63) is 58.4 Å². The van der Waals surface area contributed by atoms with E-state index in [4.69, 9.17) is 22.1 Å². The molecule has 0 amide bonds. The Morgan fingerprint density at radius 3 is 2.68 bits per heavy atom. The second-order valence-corrected chi connectivity index (χ2v) is 4.65. The lowest BCUT2D eigenvalue weighted by Gasteiger charge is -2.10. The van der Waals surface area contributed by atoms with Crippen molar-refractivity contribution >= 4 is 17.3 Å². The first-order valence-electron chi connectivity index (χ1n) is 6.05. The quantitative estimate of drug-likeness (QED) is 0.851. The molecule has 0 heterocycles. The van der Waals surface area contributed by atoms with Gasteiger partial charge >= 0.3 is 0 Å². The summed E-state index contributed by atoms with van der Waals surface area (Å²) in [4.78, 5) is 0. The fraction of sp³-hybridized carbons (Fsp3) is 0.200. The first-order chi connectivity index (χ1) is 9.10. The van der Waals surface area contributed by atoms with Crippen molar-refractivity contribution in [3.8, 4) is 5.75 Å². The van der Waals surface area contributed by atoms with Gasteiger partial charge < -0.3 is 10.5 Å². The van der Waals surface area contributed by atoms with Crippen molar-refractivity contribution < 1.29 is 9.13 Å². The van der Waals surface area contributed by atoms with E-state index in [-0.39, 0.29) is 12.4 Å². The molecule has 2 aromatic rings. The maximum Gasteiger partial charge on any atom is 0.123 e. The molecule has 0 radical (unpaired) electrons. The van der Waals surface area contributed by atoms with E-state index in [0.717, 1.165) is 17.0 Å². The van der Waals surface area contributed by atoms with Crippen molar-refractivity contribution in [1.29, 1.82) is 0 Å². The van der Waals surface area contributed by atoms with E-state index in [0.29, 0.717) is 17.0 Å². The average molecular weight is 280 g/mol. The Balaban J connectivity index is 2.12. The second-order valence-electron chi connectivity index (χ2n) is 4.24. The molecule has 0 aliphatic rings. The molecule has 100 valence electrons. The van der Waals surface area contributed by atoms with E-state index in [1.807, 2.05) is 13.0 Å². The molecule has 0 saturated carbocycles. The Labute approximate surface area is 117 Å². The molecular weight excluding hydrogens is 265 g/mol. The van der Waals surface area contributed by atoms with Crippen LogP contribution < -0.4 is 10.5 Å². The maximum absolute atomic E-state index is 13.1. The van der Waals surface area contributed by atoms with Gasteiger partial charge in [-0.1, -0.05) is 18.5 Å². The van der Waals surface area contributed by atoms with Crippen LogP contribution in [0.15, 0.2) is 36.4 Å². The van der Waals surface area contributed by atoms with Crippen LogP contribution in [0.5, 0.6) is 5.75 Å². The third-order valence-electron chi connectivity index (χ3n) is 2.90. The standard InChI is InChI=1S/C15H15ClFNO/c1-2-10-8-13(4-5-14(10)16)19-9-11-7-12(17)3-6-15(11)18/h3-8H,2,9,18H2,1H3. The first kappa shape index (κ1) is 13.7. The van der Waals surface area contributed by atoms with Crippen molar-refractivity contribution in [2.24, 2.45) is 0 Å². The lowest BCUT2D eigenvalue weighted by molar-refractivity contribution is 0.306. The number of nitrogens with two attached hydrogens (primary N) is 1. The van der Waals surface area contributed by atoms with E-state index >= 15 is 0 Å². The zero-order valence-electron chi connectivity index (χ0n) is 10.6. The minimum Gasteiger partial charge on any atom is -0.489 e. The number of anilines is 1. The molecule has 2 N–H and O–H groups in total. The summed E-state index contributed by atoms with van der Waals surface area (Å²) < 4.78 is 18.7. The van der Waals surface area contributed by atoms with Gasteiger partial charge in [0.05, 0.1) is 0 Å². The molecular formula is C15H15ClFNO. The van der Waals surface area contributed by atoms with Gasteiger partial charge in [-0.05, 0) is 48.4 Å². The highest BCUT2D eigenvalue weighted by molar-refractivity contribution is 6.31. The van der Waals surface area contributed by atoms with E-state index in [9.17, 15) is 4.39 Å². The highest BCUT2D eigenvalue weighted by Crippen LogP contribution is 2.24. The topological polar surface area (TPSA) is 35.2 Å². The van der Waals surface area contributed by atoms with Crippen molar-refractivity contribution in [3.63, 3.8) is 0 Å². The fourth-order valence-electron chi connectivity index (χ4n) is 1.77. The molecule has 0 bridgehead atoms. The summed E-state index contributed by atoms with van der Waals surface area (Å²) in [6, 6.07) is 9.72. The van der Waals surface area contributed by atoms with Gasteiger partial charge in [0.2, 0.25) is 0 Å². The average Bonchev–Trinajstić information content (AvgIpc) is 2.41. The molecule has 2 nitrogen and oxygen atoms in total. The highest BCUT2D eigenvalue weighted by Gasteiger charge is 2.04. The minimum absolute atomic E-state index is 0.231. The molecule has 0 unspecified atom stereocenters. The normalized spacial score (nSPS) is 10.5. The lowest BCUT2D eigenvalue weighted by Crippen LogP contribution is -2.01. The molecule has 4 heteroatoms. The molecule has 0 aliphatic carbocycles. The molecule has 2 aromatic carbocycles. The van der Waals surface area contributed by atoms with Gasteiger partial charge in [-0.3, -0.25) is 0 Å². The summed E-state index contributed by atoms with van der Waals surface area (Å²) >= 11 is 6.03. The molecule has 0 aromatic heterocycles. The molecule has 0 atom stereocenters. The van der Waals surface area contributed by atoms with Crippen LogP contribution >= 0.6 is 11.6 Å². The monoisotopic (exact) mass is 279 g/mol. The zero-order chi connectivity index (χ0) is 13.8. The fourth-order valence-corrected chi connectivity index (χ4v) is 2.02. The number of hydrogen-bond acceptors (Lipinski definition) is 2. The Kier molecular flexibility index (Phi) is 4.27. The van der Waals surface area contributed by atoms with Gasteiger partial charge in [0.15, 0.2) is 0 Å². The smallest absolute Gasteiger partial charge is 0.123 e. The van der Waals surface area contributed by atoms with Gasteiger partial charge in [0.1, 0.15) is 18.2 Å². The molecule has 0 aliphatic heterocycles. The predicted octanol–water partition coefficient (Wildman–Crippen LogP) is 4.20. The summed E-state index contributed by atoms with van der Waals surface area (Å²) in [5.41, 5.74) is 7.94. The Morgan fingerprint density at radius 1 is 1.16 bits per heavy atom. The molecule has 0 spiro atoms. The predicted molar refractivity (Wildman–Crippen MR) is 76.0 cm³/mol. The SMILES string of the molecule is CCc1cc(OCc2cc(F)ccc2N)ccc1Cl. The number of aryl methyl sites for hydroxylation is 1. The van der Waals surface area contributed by atoms with Crippen LogP contribution in [0.1, 0.15) is 18.1 Å². The third kappa shape index (κ3) is 3.38. The van der Waals surface area contributed by atoms with Gasteiger partial charge in [-0.2, -0.15) is 0 Å². The van der Waals surface area contributed by atoms with Crippen LogP contribution in [-0.4, -0.2) is 0 Å². The summed E-state index contributed by atoms with van der Waals surface area (Å²) in [6.45, 7) is 2.25. The minimum atomic E-state index is -0.321. The lowest BCUT2D eigenvalue weighted by atomic mass is 10.1. The van der Waals surface area contributed by atoms with Crippen LogP contribution in [0.4, 0.5) is 10.1 Å². The van der Waals surface area contributed by atoms with Gasteiger partial charge in [0, 0.05) is 16.3 Å². The Hall–Kier alpha value is -1.74.